The van der Waals surface area contributed by atoms with Crippen LogP contribution in [-0.4, -0.2) is 18.7 Å². The van der Waals surface area contributed by atoms with Crippen LogP contribution in [0, 0.1) is 0 Å². The van der Waals surface area contributed by atoms with Gasteiger partial charge in [-0.3, -0.25) is 0 Å². The molecule has 0 aliphatic carbocycles. The van der Waals surface area contributed by atoms with E-state index in [0.29, 0.717) is 18.5 Å². The quantitative estimate of drug-likeness (QED) is 0.775. The van der Waals surface area contributed by atoms with Crippen LogP contribution in [-0.2, 0) is 5.67 Å². The lowest BCUT2D eigenvalue weighted by Gasteiger charge is -2.20. The number of hydrogen-bond acceptors (Lipinski definition) is 2. The lowest BCUT2D eigenvalue weighted by molar-refractivity contribution is 0.177. The summed E-state index contributed by atoms with van der Waals surface area (Å²) in [6.07, 6.45) is 0.425. The Bertz CT molecular complexity index is 282. The van der Waals surface area contributed by atoms with Crippen molar-refractivity contribution in [1.29, 1.82) is 0 Å². The first kappa shape index (κ1) is 11.0. The van der Waals surface area contributed by atoms with Crippen LogP contribution in [0.2, 0.25) is 0 Å². The highest BCUT2D eigenvalue weighted by Gasteiger charge is 2.24. The molecule has 1 rings (SSSR count). The summed E-state index contributed by atoms with van der Waals surface area (Å²) < 4.78 is 14.0. The molecule has 0 fully saturated rings. The first-order valence-electron chi connectivity index (χ1n) is 4.69. The Labute approximate surface area is 83.8 Å². The number of benzene rings is 1. The van der Waals surface area contributed by atoms with E-state index in [-0.39, 0.29) is 5.75 Å². The van der Waals surface area contributed by atoms with Crippen LogP contribution in [0.5, 0.6) is 5.75 Å². The molecule has 0 spiro atoms. The molecule has 0 saturated heterocycles. The fourth-order valence-corrected chi connectivity index (χ4v) is 1.31. The van der Waals surface area contributed by atoms with Gasteiger partial charge in [0.2, 0.25) is 0 Å². The van der Waals surface area contributed by atoms with Crippen molar-refractivity contribution in [2.75, 3.05) is 13.6 Å². The van der Waals surface area contributed by atoms with Crippen LogP contribution in [0.25, 0.3) is 0 Å². The number of rotatable bonds is 4. The third-order valence-corrected chi connectivity index (χ3v) is 2.31. The molecule has 0 radical (unpaired) electrons. The van der Waals surface area contributed by atoms with Crippen molar-refractivity contribution in [3.8, 4) is 5.75 Å². The summed E-state index contributed by atoms with van der Waals surface area (Å²) in [6.45, 7) is 2.19. The zero-order chi connectivity index (χ0) is 10.6. The molecule has 0 saturated carbocycles. The average molecular weight is 197 g/mol. The molecule has 78 valence electrons. The number of nitrogens with one attached hydrogen (secondary N) is 1. The lowest BCUT2D eigenvalue weighted by Crippen LogP contribution is -2.22. The molecule has 1 unspecified atom stereocenters. The summed E-state index contributed by atoms with van der Waals surface area (Å²) in [6, 6.07) is 6.25. The minimum absolute atomic E-state index is 0.165. The van der Waals surface area contributed by atoms with E-state index in [1.165, 1.54) is 12.1 Å². The van der Waals surface area contributed by atoms with Gasteiger partial charge in [-0.05, 0) is 44.6 Å². The molecule has 14 heavy (non-hydrogen) atoms. The summed E-state index contributed by atoms with van der Waals surface area (Å²) in [5.41, 5.74) is -0.734. The second-order valence-electron chi connectivity index (χ2n) is 3.60. The van der Waals surface area contributed by atoms with Crippen LogP contribution >= 0.6 is 0 Å². The van der Waals surface area contributed by atoms with Gasteiger partial charge in [0, 0.05) is 0 Å². The van der Waals surface area contributed by atoms with Gasteiger partial charge in [-0.1, -0.05) is 12.1 Å². The maximum Gasteiger partial charge on any atom is 0.134 e. The van der Waals surface area contributed by atoms with Crippen molar-refractivity contribution in [2.45, 2.75) is 19.0 Å². The maximum absolute atomic E-state index is 14.0. The Morgan fingerprint density at radius 1 is 1.36 bits per heavy atom. The van der Waals surface area contributed by atoms with Gasteiger partial charge in [0.05, 0.1) is 0 Å². The predicted octanol–water partition coefficient (Wildman–Crippen LogP) is 2.19. The summed E-state index contributed by atoms with van der Waals surface area (Å²) in [5.74, 6) is 0.165. The van der Waals surface area contributed by atoms with Gasteiger partial charge in [-0.2, -0.15) is 0 Å². The highest BCUT2D eigenvalue weighted by Crippen LogP contribution is 2.29. The van der Waals surface area contributed by atoms with Crippen LogP contribution in [0.3, 0.4) is 0 Å². The molecule has 0 aliphatic rings. The van der Waals surface area contributed by atoms with E-state index in [0.717, 1.165) is 0 Å². The van der Waals surface area contributed by atoms with Crippen molar-refractivity contribution in [1.82, 2.24) is 5.32 Å². The number of alkyl halides is 1. The first-order chi connectivity index (χ1) is 6.56. The van der Waals surface area contributed by atoms with Gasteiger partial charge in [-0.15, -0.1) is 0 Å². The van der Waals surface area contributed by atoms with E-state index >= 15 is 0 Å². The van der Waals surface area contributed by atoms with E-state index in [1.54, 1.807) is 26.1 Å². The Morgan fingerprint density at radius 2 is 1.93 bits per heavy atom. The summed E-state index contributed by atoms with van der Waals surface area (Å²) in [4.78, 5) is 0. The summed E-state index contributed by atoms with van der Waals surface area (Å²) in [7, 11) is 1.80. The van der Waals surface area contributed by atoms with Crippen molar-refractivity contribution >= 4 is 0 Å². The van der Waals surface area contributed by atoms with E-state index in [1.807, 2.05) is 0 Å². The fourth-order valence-electron chi connectivity index (χ4n) is 1.31. The lowest BCUT2D eigenvalue weighted by atomic mass is 9.94. The topological polar surface area (TPSA) is 32.3 Å². The average Bonchev–Trinajstić information content (AvgIpc) is 2.16. The van der Waals surface area contributed by atoms with Crippen molar-refractivity contribution in [3.05, 3.63) is 29.8 Å². The summed E-state index contributed by atoms with van der Waals surface area (Å²) >= 11 is 0. The molecule has 0 heterocycles. The SMILES string of the molecule is CNCCC(C)(F)c1ccc(O)cc1. The standard InChI is InChI=1S/C11H16FNO/c1-11(12,7-8-13-2)9-3-5-10(14)6-4-9/h3-6,13-14H,7-8H2,1-2H3. The largest absolute Gasteiger partial charge is 0.508 e. The zero-order valence-electron chi connectivity index (χ0n) is 8.55. The number of hydrogen-bond donors (Lipinski definition) is 2. The second kappa shape index (κ2) is 4.42. The van der Waals surface area contributed by atoms with E-state index < -0.39 is 5.67 Å². The van der Waals surface area contributed by atoms with Crippen LogP contribution < -0.4 is 5.32 Å². The first-order valence-corrected chi connectivity index (χ1v) is 4.69. The van der Waals surface area contributed by atoms with Crippen LogP contribution in [0.1, 0.15) is 18.9 Å². The highest BCUT2D eigenvalue weighted by molar-refractivity contribution is 5.29. The molecular weight excluding hydrogens is 181 g/mol. The molecular formula is C11H16FNO. The normalized spacial score (nSPS) is 15.1. The highest BCUT2D eigenvalue weighted by atomic mass is 19.1. The molecule has 3 heteroatoms. The molecule has 0 bridgehead atoms. The molecule has 2 N–H and O–H groups in total. The smallest absolute Gasteiger partial charge is 0.134 e. The van der Waals surface area contributed by atoms with Gasteiger partial charge >= 0.3 is 0 Å². The molecule has 1 aromatic rings. The van der Waals surface area contributed by atoms with Crippen molar-refractivity contribution < 1.29 is 9.50 Å². The maximum atomic E-state index is 14.0. The second-order valence-corrected chi connectivity index (χ2v) is 3.60. The van der Waals surface area contributed by atoms with E-state index in [4.69, 9.17) is 5.11 Å². The number of halogens is 1. The number of aromatic hydroxyl groups is 1. The third kappa shape index (κ3) is 2.70. The Balaban J connectivity index is 2.75. The van der Waals surface area contributed by atoms with Gasteiger partial charge in [-0.25, -0.2) is 4.39 Å². The van der Waals surface area contributed by atoms with E-state index in [2.05, 4.69) is 5.32 Å². The molecule has 0 amide bonds. The molecule has 0 aliphatic heterocycles. The van der Waals surface area contributed by atoms with Gasteiger partial charge in [0.25, 0.3) is 0 Å². The minimum atomic E-state index is -1.34. The van der Waals surface area contributed by atoms with Gasteiger partial charge in [0.15, 0.2) is 0 Å². The monoisotopic (exact) mass is 197 g/mol. The Hall–Kier alpha value is -1.09. The fraction of sp³-hybridized carbons (Fsp3) is 0.455. The zero-order valence-corrected chi connectivity index (χ0v) is 8.55. The van der Waals surface area contributed by atoms with Crippen molar-refractivity contribution in [2.24, 2.45) is 0 Å². The van der Waals surface area contributed by atoms with Crippen LogP contribution in [0.4, 0.5) is 4.39 Å². The third-order valence-electron chi connectivity index (χ3n) is 2.31. The molecule has 1 aromatic carbocycles. The number of phenols is 1. The number of phenolic OH excluding ortho intramolecular Hbond substituents is 1. The van der Waals surface area contributed by atoms with Crippen molar-refractivity contribution in [3.63, 3.8) is 0 Å². The molecule has 2 nitrogen and oxygen atoms in total. The Kier molecular flexibility index (Phi) is 3.47. The van der Waals surface area contributed by atoms with Crippen LogP contribution in [0.15, 0.2) is 24.3 Å². The minimum Gasteiger partial charge on any atom is -0.508 e. The molecule has 0 aromatic heterocycles. The van der Waals surface area contributed by atoms with Gasteiger partial charge < -0.3 is 10.4 Å². The Morgan fingerprint density at radius 3 is 2.43 bits per heavy atom. The van der Waals surface area contributed by atoms with Gasteiger partial charge in [0.1, 0.15) is 11.4 Å². The molecule has 1 atom stereocenters. The summed E-state index contributed by atoms with van der Waals surface area (Å²) in [5, 5.41) is 12.0. The predicted molar refractivity (Wildman–Crippen MR) is 55.1 cm³/mol. The van der Waals surface area contributed by atoms with E-state index in [9.17, 15) is 4.39 Å².